The minimum absolute atomic E-state index is 0.171. The summed E-state index contributed by atoms with van der Waals surface area (Å²) >= 11 is 0. The Morgan fingerprint density at radius 3 is 2.65 bits per heavy atom. The van der Waals surface area contributed by atoms with E-state index in [0.29, 0.717) is 5.71 Å². The number of alkyl carbamates (subject to hydrolysis) is 1. The predicted octanol–water partition coefficient (Wildman–Crippen LogP) is 1.61. The van der Waals surface area contributed by atoms with Gasteiger partial charge in [-0.2, -0.15) is 0 Å². The van der Waals surface area contributed by atoms with E-state index >= 15 is 0 Å². The summed E-state index contributed by atoms with van der Waals surface area (Å²) in [4.78, 5) is 28.3. The molecule has 1 aliphatic heterocycles. The first kappa shape index (κ1) is 16.3. The number of rotatable bonds is 4. The summed E-state index contributed by atoms with van der Waals surface area (Å²) in [6.07, 6.45) is -0.258. The summed E-state index contributed by atoms with van der Waals surface area (Å²) in [5.41, 5.74) is -1.11. The van der Waals surface area contributed by atoms with Gasteiger partial charge < -0.3 is 19.6 Å². The molecule has 7 nitrogen and oxygen atoms in total. The van der Waals surface area contributed by atoms with Crippen LogP contribution in [0.4, 0.5) is 4.79 Å². The summed E-state index contributed by atoms with van der Waals surface area (Å²) in [6.45, 7) is 9.12. The van der Waals surface area contributed by atoms with E-state index in [1.165, 1.54) is 0 Å². The highest BCUT2D eigenvalue weighted by molar-refractivity contribution is 5.95. The van der Waals surface area contributed by atoms with Gasteiger partial charge >= 0.3 is 12.1 Å². The zero-order chi connectivity index (χ0) is 15.4. The highest BCUT2D eigenvalue weighted by Gasteiger charge is 2.43. The Hall–Kier alpha value is -1.79. The molecule has 0 radical (unpaired) electrons. The molecule has 1 aliphatic rings. The summed E-state index contributed by atoms with van der Waals surface area (Å²) in [6, 6.07) is 0. The Kier molecular flexibility index (Phi) is 4.97. The maximum absolute atomic E-state index is 11.7. The monoisotopic (exact) mass is 286 g/mol. The molecule has 0 spiro atoms. The molecule has 0 bridgehead atoms. The molecule has 1 amide bonds. The van der Waals surface area contributed by atoms with Crippen LogP contribution >= 0.6 is 0 Å². The van der Waals surface area contributed by atoms with Gasteiger partial charge in [-0.05, 0) is 34.6 Å². The van der Waals surface area contributed by atoms with Crippen molar-refractivity contribution in [3.63, 3.8) is 0 Å². The topological polar surface area (TPSA) is 86.2 Å². The number of carbonyl (C=O) groups excluding carboxylic acids is 2. The molecule has 1 rings (SSSR count). The maximum atomic E-state index is 11.7. The van der Waals surface area contributed by atoms with Crippen LogP contribution in [0, 0.1) is 0 Å². The fourth-order valence-electron chi connectivity index (χ4n) is 1.60. The maximum Gasteiger partial charge on any atom is 0.407 e. The first-order chi connectivity index (χ1) is 9.16. The standard InChI is InChI=1S/C13H22N2O5/c1-6-18-10(16)13(5)7-9(15-20-13)8-14-11(17)19-12(2,3)4/h6-8H2,1-5H3,(H,14,17). The van der Waals surface area contributed by atoms with Crippen LogP contribution in [0.15, 0.2) is 5.16 Å². The third-order valence-electron chi connectivity index (χ3n) is 2.46. The number of amides is 1. The van der Waals surface area contributed by atoms with Gasteiger partial charge in [0.05, 0.1) is 18.9 Å². The normalized spacial score (nSPS) is 21.8. The van der Waals surface area contributed by atoms with E-state index in [9.17, 15) is 9.59 Å². The van der Waals surface area contributed by atoms with Gasteiger partial charge in [-0.15, -0.1) is 0 Å². The molecule has 0 aromatic heterocycles. The minimum Gasteiger partial charge on any atom is -0.463 e. The molecule has 20 heavy (non-hydrogen) atoms. The van der Waals surface area contributed by atoms with E-state index in [1.54, 1.807) is 34.6 Å². The smallest absolute Gasteiger partial charge is 0.407 e. The number of nitrogens with zero attached hydrogens (tertiary/aromatic N) is 1. The van der Waals surface area contributed by atoms with Crippen molar-refractivity contribution in [2.45, 2.75) is 52.2 Å². The molecule has 0 aromatic rings. The minimum atomic E-state index is -1.11. The Balaban J connectivity index is 2.41. The molecule has 1 N–H and O–H groups in total. The van der Waals surface area contributed by atoms with Crippen LogP contribution in [0.3, 0.4) is 0 Å². The summed E-state index contributed by atoms with van der Waals surface area (Å²) in [5.74, 6) is -0.462. The van der Waals surface area contributed by atoms with Gasteiger partial charge in [-0.1, -0.05) is 5.16 Å². The van der Waals surface area contributed by atoms with Gasteiger partial charge in [0.1, 0.15) is 5.60 Å². The van der Waals surface area contributed by atoms with Crippen LogP contribution in [0.25, 0.3) is 0 Å². The van der Waals surface area contributed by atoms with E-state index in [4.69, 9.17) is 14.3 Å². The molecule has 7 heteroatoms. The third-order valence-corrected chi connectivity index (χ3v) is 2.46. The molecule has 0 saturated heterocycles. The molecular formula is C13H22N2O5. The average Bonchev–Trinajstić information content (AvgIpc) is 2.68. The van der Waals surface area contributed by atoms with Crippen LogP contribution in [-0.4, -0.2) is 42.1 Å². The predicted molar refractivity (Wildman–Crippen MR) is 72.4 cm³/mol. The van der Waals surface area contributed by atoms with Crippen molar-refractivity contribution in [3.8, 4) is 0 Å². The molecule has 0 aliphatic carbocycles. The van der Waals surface area contributed by atoms with E-state index in [1.807, 2.05) is 0 Å². The lowest BCUT2D eigenvalue weighted by Crippen LogP contribution is -2.39. The Labute approximate surface area is 118 Å². The molecular weight excluding hydrogens is 264 g/mol. The van der Waals surface area contributed by atoms with E-state index in [-0.39, 0.29) is 19.6 Å². The fraction of sp³-hybridized carbons (Fsp3) is 0.769. The average molecular weight is 286 g/mol. The number of oxime groups is 1. The quantitative estimate of drug-likeness (QED) is 0.793. The first-order valence-electron chi connectivity index (χ1n) is 6.54. The lowest BCUT2D eigenvalue weighted by molar-refractivity contribution is -0.166. The molecule has 0 aromatic carbocycles. The van der Waals surface area contributed by atoms with Gasteiger partial charge in [-0.25, -0.2) is 9.59 Å². The number of hydrogen-bond acceptors (Lipinski definition) is 6. The number of hydrogen-bond donors (Lipinski definition) is 1. The van der Waals surface area contributed by atoms with E-state index < -0.39 is 23.3 Å². The van der Waals surface area contributed by atoms with Crippen molar-refractivity contribution in [1.82, 2.24) is 5.32 Å². The largest absolute Gasteiger partial charge is 0.463 e. The fourth-order valence-corrected chi connectivity index (χ4v) is 1.60. The van der Waals surface area contributed by atoms with Gasteiger partial charge in [0.2, 0.25) is 5.60 Å². The zero-order valence-electron chi connectivity index (χ0n) is 12.6. The first-order valence-corrected chi connectivity index (χ1v) is 6.54. The van der Waals surface area contributed by atoms with Gasteiger partial charge in [-0.3, -0.25) is 0 Å². The van der Waals surface area contributed by atoms with Gasteiger partial charge in [0.15, 0.2) is 0 Å². The number of carbonyl (C=O) groups is 2. The Bertz CT molecular complexity index is 413. The second-order valence-corrected chi connectivity index (χ2v) is 5.73. The summed E-state index contributed by atoms with van der Waals surface area (Å²) in [7, 11) is 0. The molecule has 1 unspecified atom stereocenters. The summed E-state index contributed by atoms with van der Waals surface area (Å²) in [5, 5.41) is 6.37. The van der Waals surface area contributed by atoms with Crippen molar-refractivity contribution in [2.75, 3.05) is 13.2 Å². The van der Waals surface area contributed by atoms with Crippen molar-refractivity contribution in [1.29, 1.82) is 0 Å². The molecule has 0 fully saturated rings. The highest BCUT2D eigenvalue weighted by Crippen LogP contribution is 2.24. The van der Waals surface area contributed by atoms with Crippen molar-refractivity contribution < 1.29 is 23.9 Å². The van der Waals surface area contributed by atoms with Gasteiger partial charge in [0, 0.05) is 6.42 Å². The molecule has 114 valence electrons. The van der Waals surface area contributed by atoms with Crippen LogP contribution in [-0.2, 0) is 19.1 Å². The van der Waals surface area contributed by atoms with Crippen LogP contribution in [0.1, 0.15) is 41.0 Å². The second-order valence-electron chi connectivity index (χ2n) is 5.73. The van der Waals surface area contributed by atoms with Crippen molar-refractivity contribution >= 4 is 17.8 Å². The Morgan fingerprint density at radius 1 is 1.45 bits per heavy atom. The Morgan fingerprint density at radius 2 is 2.10 bits per heavy atom. The number of esters is 1. The van der Waals surface area contributed by atoms with Crippen molar-refractivity contribution in [3.05, 3.63) is 0 Å². The highest BCUT2D eigenvalue weighted by atomic mass is 16.7. The molecule has 1 heterocycles. The number of nitrogens with one attached hydrogen (secondary N) is 1. The van der Waals surface area contributed by atoms with Crippen molar-refractivity contribution in [2.24, 2.45) is 5.16 Å². The SMILES string of the molecule is CCOC(=O)C1(C)CC(CNC(=O)OC(C)(C)C)=NO1. The van der Waals surface area contributed by atoms with Crippen LogP contribution < -0.4 is 5.32 Å². The van der Waals surface area contributed by atoms with Gasteiger partial charge in [0.25, 0.3) is 0 Å². The molecule has 1 atom stereocenters. The lowest BCUT2D eigenvalue weighted by Gasteiger charge is -2.20. The second kappa shape index (κ2) is 6.11. The number of ether oxygens (including phenoxy) is 2. The third kappa shape index (κ3) is 4.71. The van der Waals surface area contributed by atoms with Crippen LogP contribution in [0.5, 0.6) is 0 Å². The zero-order valence-corrected chi connectivity index (χ0v) is 12.6. The molecule has 0 saturated carbocycles. The van der Waals surface area contributed by atoms with E-state index in [2.05, 4.69) is 10.5 Å². The van der Waals surface area contributed by atoms with Crippen LogP contribution in [0.2, 0.25) is 0 Å². The lowest BCUT2D eigenvalue weighted by atomic mass is 10.00. The van der Waals surface area contributed by atoms with E-state index in [0.717, 1.165) is 0 Å². The summed E-state index contributed by atoms with van der Waals surface area (Å²) < 4.78 is 10.0.